The van der Waals surface area contributed by atoms with E-state index in [9.17, 15) is 0 Å². The van der Waals surface area contributed by atoms with Crippen molar-refractivity contribution in [2.75, 3.05) is 33.3 Å². The summed E-state index contributed by atoms with van der Waals surface area (Å²) in [6, 6.07) is 8.35. The summed E-state index contributed by atoms with van der Waals surface area (Å²) in [5, 5.41) is 3.16. The largest absolute Gasteiger partial charge is 0.492 e. The lowest BCUT2D eigenvalue weighted by Gasteiger charge is -2.18. The van der Waals surface area contributed by atoms with Gasteiger partial charge in [-0.25, -0.2) is 0 Å². The molecule has 0 spiro atoms. The van der Waals surface area contributed by atoms with Gasteiger partial charge >= 0.3 is 0 Å². The van der Waals surface area contributed by atoms with Crippen molar-refractivity contribution < 1.29 is 4.74 Å². The zero-order chi connectivity index (χ0) is 14.4. The molecule has 0 amide bonds. The Bertz CT molecular complexity index is 406. The van der Waals surface area contributed by atoms with Gasteiger partial charge in [-0.1, -0.05) is 26.0 Å². The van der Waals surface area contributed by atoms with Gasteiger partial charge in [0, 0.05) is 19.6 Å². The average molecular weight is 276 g/mol. The van der Waals surface area contributed by atoms with Gasteiger partial charge in [0.15, 0.2) is 0 Å². The normalized spacial score (nSPS) is 19.7. The maximum Gasteiger partial charge on any atom is 0.119 e. The molecule has 1 fully saturated rings. The van der Waals surface area contributed by atoms with Crippen LogP contribution in [0.1, 0.15) is 25.8 Å². The number of hydrogen-bond acceptors (Lipinski definition) is 3. The molecule has 1 heterocycles. The highest BCUT2D eigenvalue weighted by Gasteiger charge is 2.24. The molecule has 1 aliphatic heterocycles. The lowest BCUT2D eigenvalue weighted by Crippen LogP contribution is -2.27. The third kappa shape index (κ3) is 4.50. The molecular weight excluding hydrogens is 248 g/mol. The van der Waals surface area contributed by atoms with Crippen LogP contribution in [0.5, 0.6) is 5.75 Å². The summed E-state index contributed by atoms with van der Waals surface area (Å²) in [5.74, 6) is 2.66. The number of nitrogens with zero attached hydrogens (tertiary/aromatic N) is 1. The lowest BCUT2D eigenvalue weighted by molar-refractivity contribution is 0.227. The summed E-state index contributed by atoms with van der Waals surface area (Å²) >= 11 is 0. The van der Waals surface area contributed by atoms with Crippen molar-refractivity contribution in [2.24, 2.45) is 11.8 Å². The van der Waals surface area contributed by atoms with Gasteiger partial charge in [0.1, 0.15) is 12.4 Å². The Kier molecular flexibility index (Phi) is 5.86. The first-order chi connectivity index (χ1) is 9.69. The van der Waals surface area contributed by atoms with E-state index in [-0.39, 0.29) is 0 Å². The monoisotopic (exact) mass is 276 g/mol. The van der Waals surface area contributed by atoms with Gasteiger partial charge in [0.05, 0.1) is 0 Å². The Morgan fingerprint density at radius 3 is 2.95 bits per heavy atom. The third-order valence-corrected chi connectivity index (χ3v) is 4.21. The van der Waals surface area contributed by atoms with Crippen LogP contribution >= 0.6 is 0 Å². The van der Waals surface area contributed by atoms with Crippen LogP contribution in [0.15, 0.2) is 24.3 Å². The van der Waals surface area contributed by atoms with Crippen LogP contribution in [0.4, 0.5) is 0 Å². The molecule has 3 heteroatoms. The molecule has 1 unspecified atom stereocenters. The van der Waals surface area contributed by atoms with E-state index >= 15 is 0 Å². The predicted molar refractivity (Wildman–Crippen MR) is 84.1 cm³/mol. The van der Waals surface area contributed by atoms with E-state index in [1.807, 2.05) is 13.1 Å². The molecule has 20 heavy (non-hydrogen) atoms. The standard InChI is InChI=1S/C17H28N2O/c1-14(2)16-7-8-19(13-16)9-10-20-17-6-4-5-15(11-17)12-18-3/h4-6,11,14,16,18H,7-10,12-13H2,1-3H3. The SMILES string of the molecule is CNCc1cccc(OCCN2CCC(C(C)C)C2)c1. The molecule has 2 rings (SSSR count). The van der Waals surface area contributed by atoms with Crippen LogP contribution < -0.4 is 10.1 Å². The highest BCUT2D eigenvalue weighted by Crippen LogP contribution is 2.23. The van der Waals surface area contributed by atoms with Crippen molar-refractivity contribution in [3.05, 3.63) is 29.8 Å². The first-order valence-electron chi connectivity index (χ1n) is 7.77. The molecule has 1 aromatic rings. The Morgan fingerprint density at radius 2 is 2.25 bits per heavy atom. The Balaban J connectivity index is 1.72. The van der Waals surface area contributed by atoms with Crippen molar-refractivity contribution in [3.8, 4) is 5.75 Å². The summed E-state index contributed by atoms with van der Waals surface area (Å²) in [5.41, 5.74) is 1.27. The van der Waals surface area contributed by atoms with Crippen LogP contribution in [0.25, 0.3) is 0 Å². The summed E-state index contributed by atoms with van der Waals surface area (Å²) < 4.78 is 5.88. The van der Waals surface area contributed by atoms with E-state index in [0.717, 1.165) is 37.3 Å². The number of ether oxygens (including phenoxy) is 1. The fraction of sp³-hybridized carbons (Fsp3) is 0.647. The van der Waals surface area contributed by atoms with Crippen molar-refractivity contribution in [2.45, 2.75) is 26.8 Å². The van der Waals surface area contributed by atoms with E-state index in [1.54, 1.807) is 0 Å². The van der Waals surface area contributed by atoms with E-state index in [0.29, 0.717) is 0 Å². The molecule has 0 aromatic heterocycles. The molecule has 0 saturated carbocycles. The minimum absolute atomic E-state index is 0.786. The second kappa shape index (κ2) is 7.65. The lowest BCUT2D eigenvalue weighted by atomic mass is 9.95. The minimum atomic E-state index is 0.786. The third-order valence-electron chi connectivity index (χ3n) is 4.21. The molecule has 112 valence electrons. The number of likely N-dealkylation sites (tertiary alicyclic amines) is 1. The maximum absolute atomic E-state index is 5.88. The topological polar surface area (TPSA) is 24.5 Å². The van der Waals surface area contributed by atoms with Crippen LogP contribution in [-0.2, 0) is 6.54 Å². The summed E-state index contributed by atoms with van der Waals surface area (Å²) in [4.78, 5) is 2.53. The second-order valence-electron chi connectivity index (χ2n) is 6.12. The van der Waals surface area contributed by atoms with Crippen molar-refractivity contribution in [1.82, 2.24) is 10.2 Å². The van der Waals surface area contributed by atoms with Gasteiger partial charge in [0.2, 0.25) is 0 Å². The van der Waals surface area contributed by atoms with Crippen LogP contribution in [0.2, 0.25) is 0 Å². The molecule has 1 aromatic carbocycles. The number of benzene rings is 1. The molecule has 0 radical (unpaired) electrons. The van der Waals surface area contributed by atoms with E-state index in [1.165, 1.54) is 25.1 Å². The molecule has 3 nitrogen and oxygen atoms in total. The fourth-order valence-electron chi connectivity index (χ4n) is 2.85. The maximum atomic E-state index is 5.88. The molecule has 1 aliphatic rings. The van der Waals surface area contributed by atoms with E-state index in [2.05, 4.69) is 42.3 Å². The van der Waals surface area contributed by atoms with Crippen LogP contribution in [0, 0.1) is 11.8 Å². The Labute approximate surface area is 123 Å². The highest BCUT2D eigenvalue weighted by molar-refractivity contribution is 5.28. The molecule has 1 N–H and O–H groups in total. The molecule has 0 aliphatic carbocycles. The van der Waals surface area contributed by atoms with Gasteiger partial charge in [-0.3, -0.25) is 4.90 Å². The fourth-order valence-corrected chi connectivity index (χ4v) is 2.85. The first kappa shape index (κ1) is 15.3. The second-order valence-corrected chi connectivity index (χ2v) is 6.12. The smallest absolute Gasteiger partial charge is 0.119 e. The molecule has 0 bridgehead atoms. The minimum Gasteiger partial charge on any atom is -0.492 e. The van der Waals surface area contributed by atoms with Gasteiger partial charge < -0.3 is 10.1 Å². The number of nitrogens with one attached hydrogen (secondary N) is 1. The molecule has 1 atom stereocenters. The molecule has 1 saturated heterocycles. The van der Waals surface area contributed by atoms with Crippen LogP contribution in [0.3, 0.4) is 0 Å². The van der Waals surface area contributed by atoms with Crippen molar-refractivity contribution in [1.29, 1.82) is 0 Å². The average Bonchev–Trinajstić information content (AvgIpc) is 2.89. The zero-order valence-electron chi connectivity index (χ0n) is 13.1. The number of hydrogen-bond donors (Lipinski definition) is 1. The Morgan fingerprint density at radius 1 is 1.40 bits per heavy atom. The van der Waals surface area contributed by atoms with Crippen LogP contribution in [-0.4, -0.2) is 38.2 Å². The first-order valence-corrected chi connectivity index (χ1v) is 7.77. The van der Waals surface area contributed by atoms with E-state index < -0.39 is 0 Å². The zero-order valence-corrected chi connectivity index (χ0v) is 13.1. The van der Waals surface area contributed by atoms with Crippen molar-refractivity contribution in [3.63, 3.8) is 0 Å². The van der Waals surface area contributed by atoms with Gasteiger partial charge in [-0.05, 0) is 49.5 Å². The summed E-state index contributed by atoms with van der Waals surface area (Å²) in [7, 11) is 1.96. The van der Waals surface area contributed by atoms with Gasteiger partial charge in [-0.15, -0.1) is 0 Å². The Hall–Kier alpha value is -1.06. The predicted octanol–water partition coefficient (Wildman–Crippen LogP) is 2.76. The summed E-state index contributed by atoms with van der Waals surface area (Å²) in [6.07, 6.45) is 1.34. The van der Waals surface area contributed by atoms with Crippen molar-refractivity contribution >= 4 is 0 Å². The van der Waals surface area contributed by atoms with E-state index in [4.69, 9.17) is 4.74 Å². The highest BCUT2D eigenvalue weighted by atomic mass is 16.5. The summed E-state index contributed by atoms with van der Waals surface area (Å²) in [6.45, 7) is 9.84. The van der Waals surface area contributed by atoms with Gasteiger partial charge in [-0.2, -0.15) is 0 Å². The molecular formula is C17H28N2O. The number of rotatable bonds is 7. The quantitative estimate of drug-likeness (QED) is 0.829. The van der Waals surface area contributed by atoms with Gasteiger partial charge in [0.25, 0.3) is 0 Å².